The molecule has 0 aliphatic heterocycles. The first-order valence-corrected chi connectivity index (χ1v) is 2.91. The number of rotatable bonds is 1. The van der Waals surface area contributed by atoms with E-state index in [-0.39, 0.29) is 0 Å². The molecule has 0 unspecified atom stereocenters. The third-order valence-electron chi connectivity index (χ3n) is 0.474. The van der Waals surface area contributed by atoms with E-state index in [0.717, 1.165) is 0 Å². The van der Waals surface area contributed by atoms with Crippen molar-refractivity contribution in [3.05, 3.63) is 0 Å². The predicted octanol–water partition coefficient (Wildman–Crippen LogP) is 0.966. The standard InChI is InChI=1S/C5H4Cl2O2/c1-9-3-2-4(8)5(6)7/h5H,1H3. The molecule has 2 nitrogen and oxygen atoms in total. The van der Waals surface area contributed by atoms with Crippen LogP contribution < -0.4 is 0 Å². The van der Waals surface area contributed by atoms with Crippen molar-refractivity contribution in [3.8, 4) is 12.0 Å². The topological polar surface area (TPSA) is 26.3 Å². The summed E-state index contributed by atoms with van der Waals surface area (Å²) < 4.78 is 4.26. The molecule has 4 heteroatoms. The van der Waals surface area contributed by atoms with Crippen molar-refractivity contribution in [1.82, 2.24) is 0 Å². The summed E-state index contributed by atoms with van der Waals surface area (Å²) in [5.74, 6) is 1.50. The van der Waals surface area contributed by atoms with Gasteiger partial charge in [0.25, 0.3) is 0 Å². The van der Waals surface area contributed by atoms with Gasteiger partial charge in [0, 0.05) is 5.92 Å². The molecule has 50 valence electrons. The van der Waals surface area contributed by atoms with Gasteiger partial charge in [-0.05, 0) is 0 Å². The van der Waals surface area contributed by atoms with E-state index in [1.807, 2.05) is 0 Å². The summed E-state index contributed by atoms with van der Waals surface area (Å²) in [4.78, 5) is 9.31. The minimum absolute atomic E-state index is 0.555. The predicted molar refractivity (Wildman–Crippen MR) is 35.3 cm³/mol. The molecule has 0 atom stereocenters. The third kappa shape index (κ3) is 4.14. The molecule has 0 bridgehead atoms. The fourth-order valence-corrected chi connectivity index (χ4v) is 0.265. The van der Waals surface area contributed by atoms with Gasteiger partial charge in [0.2, 0.25) is 5.78 Å². The monoisotopic (exact) mass is 166 g/mol. The number of Topliss-reactive ketones (excluding diaryl/α,β-unsaturated/α-hetero) is 1. The number of methoxy groups -OCH3 is 1. The maximum atomic E-state index is 10.4. The second-order valence-corrected chi connectivity index (χ2v) is 2.19. The number of alkyl halides is 2. The molecule has 0 spiro atoms. The van der Waals surface area contributed by atoms with Gasteiger partial charge >= 0.3 is 0 Å². The highest BCUT2D eigenvalue weighted by atomic mass is 35.5. The van der Waals surface area contributed by atoms with Crippen LogP contribution in [-0.4, -0.2) is 17.7 Å². The third-order valence-corrected chi connectivity index (χ3v) is 0.871. The lowest BCUT2D eigenvalue weighted by Gasteiger charge is -1.86. The summed E-state index contributed by atoms with van der Waals surface area (Å²) >= 11 is 10.2. The Morgan fingerprint density at radius 1 is 1.67 bits per heavy atom. The Morgan fingerprint density at radius 3 is 2.56 bits per heavy atom. The van der Waals surface area contributed by atoms with Crippen LogP contribution in [0, 0.1) is 12.0 Å². The van der Waals surface area contributed by atoms with Crippen molar-refractivity contribution in [2.75, 3.05) is 7.11 Å². The average Bonchev–Trinajstić information content (AvgIpc) is 1.82. The van der Waals surface area contributed by atoms with Crippen molar-refractivity contribution in [2.24, 2.45) is 0 Å². The Morgan fingerprint density at radius 2 is 2.22 bits per heavy atom. The van der Waals surface area contributed by atoms with E-state index >= 15 is 0 Å². The summed E-state index contributed by atoms with van der Waals surface area (Å²) in [6.45, 7) is 0. The van der Waals surface area contributed by atoms with Crippen molar-refractivity contribution in [1.29, 1.82) is 0 Å². The maximum Gasteiger partial charge on any atom is 0.241 e. The van der Waals surface area contributed by atoms with Crippen LogP contribution in [-0.2, 0) is 9.53 Å². The Labute approximate surface area is 63.1 Å². The zero-order chi connectivity index (χ0) is 7.28. The largest absolute Gasteiger partial charge is 0.450 e. The molecule has 0 N–H and O–H groups in total. The Bertz CT molecular complexity index is 154. The number of hydrogen-bond acceptors (Lipinski definition) is 2. The van der Waals surface area contributed by atoms with Crippen LogP contribution in [0.1, 0.15) is 0 Å². The van der Waals surface area contributed by atoms with Gasteiger partial charge in [-0.2, -0.15) is 0 Å². The van der Waals surface area contributed by atoms with Gasteiger partial charge in [0.15, 0.2) is 4.84 Å². The molecule has 0 saturated heterocycles. The molecule has 0 rings (SSSR count). The number of hydrogen-bond donors (Lipinski definition) is 0. The molecule has 0 aliphatic rings. The first-order chi connectivity index (χ1) is 4.18. The molecule has 0 aromatic rings. The zero-order valence-corrected chi connectivity index (χ0v) is 6.16. The summed E-state index contributed by atoms with van der Waals surface area (Å²) in [6.07, 6.45) is 2.06. The number of halogens is 2. The average molecular weight is 167 g/mol. The van der Waals surface area contributed by atoms with Gasteiger partial charge in [0.05, 0.1) is 7.11 Å². The molecular weight excluding hydrogens is 163 g/mol. The van der Waals surface area contributed by atoms with Gasteiger partial charge in [-0.25, -0.2) is 0 Å². The summed E-state index contributed by atoms with van der Waals surface area (Å²) in [6, 6.07) is 0. The van der Waals surface area contributed by atoms with Crippen LogP contribution in [0.25, 0.3) is 0 Å². The summed E-state index contributed by atoms with van der Waals surface area (Å²) in [5.41, 5.74) is 0. The van der Waals surface area contributed by atoms with E-state index in [2.05, 4.69) is 16.8 Å². The Balaban J connectivity index is 3.77. The fourth-order valence-electron chi connectivity index (χ4n) is 0.156. The minimum atomic E-state index is -1.08. The highest BCUT2D eigenvalue weighted by molar-refractivity contribution is 6.55. The second kappa shape index (κ2) is 4.49. The molecule has 0 heterocycles. The molecule has 0 amide bonds. The van der Waals surface area contributed by atoms with E-state index < -0.39 is 10.6 Å². The molecule has 0 aliphatic carbocycles. The van der Waals surface area contributed by atoms with Crippen molar-refractivity contribution in [3.63, 3.8) is 0 Å². The van der Waals surface area contributed by atoms with Gasteiger partial charge in [0.1, 0.15) is 6.11 Å². The number of ketones is 1. The molecule has 0 saturated carbocycles. The number of carbonyl (C=O) groups is 1. The normalized spacial score (nSPS) is 8.00. The van der Waals surface area contributed by atoms with Gasteiger partial charge in [-0.3, -0.25) is 4.79 Å². The summed E-state index contributed by atoms with van der Waals surface area (Å²) in [5, 5.41) is 0. The van der Waals surface area contributed by atoms with Crippen LogP contribution in [0.15, 0.2) is 0 Å². The molecular formula is C5H4Cl2O2. The van der Waals surface area contributed by atoms with Crippen LogP contribution in [0.3, 0.4) is 0 Å². The smallest absolute Gasteiger partial charge is 0.241 e. The van der Waals surface area contributed by atoms with Crippen LogP contribution in [0.5, 0.6) is 0 Å². The van der Waals surface area contributed by atoms with E-state index in [0.29, 0.717) is 0 Å². The lowest BCUT2D eigenvalue weighted by molar-refractivity contribution is -0.112. The van der Waals surface area contributed by atoms with Crippen LogP contribution in [0.4, 0.5) is 0 Å². The highest BCUT2D eigenvalue weighted by Gasteiger charge is 2.06. The van der Waals surface area contributed by atoms with Crippen molar-refractivity contribution in [2.45, 2.75) is 4.84 Å². The van der Waals surface area contributed by atoms with Gasteiger partial charge in [-0.15, -0.1) is 0 Å². The molecule has 9 heavy (non-hydrogen) atoms. The Kier molecular flexibility index (Phi) is 4.29. The van der Waals surface area contributed by atoms with Crippen LogP contribution >= 0.6 is 23.2 Å². The SMILES string of the molecule is COC#CC(=O)C(Cl)Cl. The molecule has 0 aromatic carbocycles. The van der Waals surface area contributed by atoms with E-state index in [1.165, 1.54) is 7.11 Å². The zero-order valence-electron chi connectivity index (χ0n) is 4.65. The number of carbonyl (C=O) groups excluding carboxylic acids is 1. The number of ether oxygens (including phenoxy) is 1. The van der Waals surface area contributed by atoms with E-state index in [9.17, 15) is 4.79 Å². The first-order valence-electron chi connectivity index (χ1n) is 2.04. The second-order valence-electron chi connectivity index (χ2n) is 1.10. The Hall–Kier alpha value is -0.390. The lowest BCUT2D eigenvalue weighted by atomic mass is 10.5. The van der Waals surface area contributed by atoms with E-state index in [4.69, 9.17) is 23.2 Å². The minimum Gasteiger partial charge on any atom is -0.450 e. The van der Waals surface area contributed by atoms with Crippen molar-refractivity contribution >= 4 is 29.0 Å². The van der Waals surface area contributed by atoms with Gasteiger partial charge < -0.3 is 4.74 Å². The maximum absolute atomic E-state index is 10.4. The van der Waals surface area contributed by atoms with Crippen LogP contribution in [0.2, 0.25) is 0 Å². The molecule has 0 aromatic heterocycles. The quantitative estimate of drug-likeness (QED) is 0.429. The highest BCUT2D eigenvalue weighted by Crippen LogP contribution is 2.00. The van der Waals surface area contributed by atoms with E-state index in [1.54, 1.807) is 0 Å². The summed E-state index contributed by atoms with van der Waals surface area (Å²) in [7, 11) is 1.34. The lowest BCUT2D eigenvalue weighted by Crippen LogP contribution is -2.03. The van der Waals surface area contributed by atoms with Crippen molar-refractivity contribution < 1.29 is 9.53 Å². The molecule has 0 fully saturated rings. The molecule has 0 radical (unpaired) electrons. The fraction of sp³-hybridized carbons (Fsp3) is 0.400. The first kappa shape index (κ1) is 8.61. The van der Waals surface area contributed by atoms with Gasteiger partial charge in [-0.1, -0.05) is 23.2 Å².